The van der Waals surface area contributed by atoms with E-state index < -0.39 is 89.5 Å². The first-order valence-corrected chi connectivity index (χ1v) is 30.2. The summed E-state index contributed by atoms with van der Waals surface area (Å²) < 4.78 is 41.8. The SMILES string of the molecule is CO[C@H]1/C=C/O[C@@]2(C)Oc3c(C)c(O)c4c(c3C2=O)C(O)C(/C=N\N2CCC(N(C)C3([C@@H]5CCN(c6c(F)cn7c(=O)c(C)cc(C8CC8)c7c6C)C5)CC3)CC2)=C(NC(=O)/C(C)=C\C=C\[C@H](C)[C@H](O)[C@@H](C)[C@@H](O)[C@@H](C)[C@H](OC(C)=O)[C@@H]1C)C4O. The Morgan fingerprint density at radius 3 is 2.25 bits per heavy atom. The highest BCUT2D eigenvalue weighted by atomic mass is 19.1. The number of methoxy groups -OCH3 is 1. The fraction of sp³-hybridized carbons (Fsp3) is 0.585. The third-order valence-corrected chi connectivity index (χ3v) is 20.0. The number of aromatic hydroxyl groups is 1. The van der Waals surface area contributed by atoms with Crippen LogP contribution in [0.15, 0.2) is 69.6 Å². The van der Waals surface area contributed by atoms with Gasteiger partial charge in [0.05, 0.1) is 59.5 Å². The molecule has 2 unspecified atom stereocenters. The standard InChI is InChI=1S/C65H85FN6O13/c1-32-14-13-15-33(2)62(80)68-51-45(29-67-71-25-19-43(20-26-71)69(11)65(22-23-65)42-18-24-70(30-42)53-36(5)52-44(41-16-17-41)28-34(3)63(81)72(52)31-46(53)66)57(77)48-49(58(51)78)56(76)39(8)60-50(48)61(79)64(10,85-60)83-27-21-47(82-12)35(4)59(84-40(9)73)38(7)55(75)37(6)54(32)74/h13-15,21,27-29,31-32,35,37-38,41-43,47,54-55,57-59,74-78H,16-20,22-26,30H2,1-12H3,(H,68,80)/b14-13+,27-21+,33-15-,67-29-/t32-,35+,37+,38+,42+,47-,54-,55+,57?,58?,59+,64-/m0/s1. The van der Waals surface area contributed by atoms with Gasteiger partial charge in [0, 0.05) is 116 Å². The van der Waals surface area contributed by atoms with Gasteiger partial charge >= 0.3 is 11.8 Å². The zero-order valence-corrected chi connectivity index (χ0v) is 51.0. The maximum atomic E-state index is 16.2. The minimum Gasteiger partial charge on any atom is -0.507 e. The summed E-state index contributed by atoms with van der Waals surface area (Å²) >= 11 is 0. The van der Waals surface area contributed by atoms with Gasteiger partial charge in [0.1, 0.15) is 29.8 Å². The zero-order chi connectivity index (χ0) is 61.5. The predicted octanol–water partition coefficient (Wildman–Crippen LogP) is 7.39. The smallest absolute Gasteiger partial charge is 0.312 e. The Kier molecular flexibility index (Phi) is 17.2. The highest BCUT2D eigenvalue weighted by Gasteiger charge is 2.56. The Balaban J connectivity index is 0.916. The summed E-state index contributed by atoms with van der Waals surface area (Å²) in [6, 6.07) is 2.21. The summed E-state index contributed by atoms with van der Waals surface area (Å²) in [6.07, 6.45) is 9.39. The van der Waals surface area contributed by atoms with Gasteiger partial charge in [0.2, 0.25) is 0 Å². The van der Waals surface area contributed by atoms with Gasteiger partial charge in [0.15, 0.2) is 5.82 Å². The van der Waals surface area contributed by atoms with Crippen molar-refractivity contribution in [3.8, 4) is 11.5 Å². The van der Waals surface area contributed by atoms with Crippen molar-refractivity contribution in [3.63, 3.8) is 0 Å². The molecule has 4 fully saturated rings. The molecule has 20 heteroatoms. The Morgan fingerprint density at radius 2 is 1.60 bits per heavy atom. The number of fused-ring (bicyclic) bond motifs is 15. The number of nitrogens with one attached hydrogen (secondary N) is 1. The summed E-state index contributed by atoms with van der Waals surface area (Å²) in [5.41, 5.74) is 3.28. The second-order valence-corrected chi connectivity index (χ2v) is 25.5. The number of ketones is 1. The molecule has 12 atom stereocenters. The number of carbonyl (C=O) groups excluding carboxylic acids is 3. The van der Waals surface area contributed by atoms with E-state index in [0.717, 1.165) is 61.6 Å². The number of hydrazone groups is 1. The molecule has 8 aliphatic rings. The van der Waals surface area contributed by atoms with Crippen LogP contribution in [0.5, 0.6) is 11.5 Å². The molecule has 6 N–H and O–H groups in total. The van der Waals surface area contributed by atoms with Gasteiger partial charge in [-0.1, -0.05) is 45.9 Å². The minimum atomic E-state index is -2.07. The number of nitrogens with zero attached hydrogens (tertiary/aromatic N) is 5. The molecule has 1 aromatic carbocycles. The number of phenols is 1. The van der Waals surface area contributed by atoms with Crippen molar-refractivity contribution < 1.29 is 63.3 Å². The van der Waals surface area contributed by atoms with Crippen LogP contribution >= 0.6 is 0 Å². The van der Waals surface area contributed by atoms with Crippen LogP contribution in [-0.4, -0.2) is 146 Å². The van der Waals surface area contributed by atoms with Gasteiger partial charge < -0.3 is 54.7 Å². The topological polar surface area (TPSA) is 245 Å². The van der Waals surface area contributed by atoms with E-state index in [0.29, 0.717) is 49.3 Å². The van der Waals surface area contributed by atoms with Crippen LogP contribution in [0.2, 0.25) is 0 Å². The molecular formula is C65H85FN6O13. The molecule has 2 aromatic heterocycles. The molecule has 460 valence electrons. The number of pyridine rings is 2. The number of phenolic OH excluding ortho intramolecular Hbond substituents is 1. The van der Waals surface area contributed by atoms with E-state index in [-0.39, 0.29) is 67.8 Å². The number of halogens is 1. The van der Waals surface area contributed by atoms with E-state index >= 15 is 4.39 Å². The quantitative estimate of drug-likeness (QED) is 0.0904. The number of carbonyl (C=O) groups is 3. The van der Waals surface area contributed by atoms with Crippen LogP contribution in [-0.2, 0) is 23.8 Å². The number of Topliss-reactive ketones (excluding diaryl/α,β-unsaturated/α-hetero) is 1. The molecule has 19 nitrogen and oxygen atoms in total. The Bertz CT molecular complexity index is 3370. The predicted molar refractivity (Wildman–Crippen MR) is 318 cm³/mol. The molecule has 2 saturated heterocycles. The van der Waals surface area contributed by atoms with Crippen LogP contribution in [0.3, 0.4) is 0 Å². The van der Waals surface area contributed by atoms with Crippen molar-refractivity contribution in [2.45, 2.75) is 174 Å². The van der Waals surface area contributed by atoms with Crippen LogP contribution in [0.4, 0.5) is 10.1 Å². The second kappa shape index (κ2) is 23.7. The largest absolute Gasteiger partial charge is 0.507 e. The van der Waals surface area contributed by atoms with Crippen molar-refractivity contribution in [1.29, 1.82) is 0 Å². The van der Waals surface area contributed by atoms with Gasteiger partial charge in [0.25, 0.3) is 17.2 Å². The van der Waals surface area contributed by atoms with Crippen molar-refractivity contribution in [2.24, 2.45) is 34.7 Å². The van der Waals surface area contributed by atoms with Crippen molar-refractivity contribution in [1.82, 2.24) is 19.6 Å². The number of esters is 1. The van der Waals surface area contributed by atoms with Crippen molar-refractivity contribution in [2.75, 3.05) is 45.2 Å². The highest BCUT2D eigenvalue weighted by molar-refractivity contribution is 6.09. The van der Waals surface area contributed by atoms with Gasteiger partial charge in [-0.25, -0.2) is 4.39 Å². The monoisotopic (exact) mass is 1180 g/mol. The van der Waals surface area contributed by atoms with Crippen LogP contribution in [0, 0.1) is 56.2 Å². The molecule has 3 aliphatic carbocycles. The number of aryl methyl sites for hydroxylation is 2. The number of hydrogen-bond donors (Lipinski definition) is 6. The van der Waals surface area contributed by atoms with Crippen LogP contribution < -0.4 is 20.5 Å². The summed E-state index contributed by atoms with van der Waals surface area (Å²) in [6.45, 7) is 18.9. The van der Waals surface area contributed by atoms with E-state index in [1.807, 2.05) is 18.0 Å². The minimum absolute atomic E-state index is 0.0393. The van der Waals surface area contributed by atoms with Gasteiger partial charge in [-0.2, -0.15) is 5.10 Å². The lowest BCUT2D eigenvalue weighted by atomic mass is 9.78. The highest BCUT2D eigenvalue weighted by Crippen LogP contribution is 2.55. The number of amides is 1. The lowest BCUT2D eigenvalue weighted by Gasteiger charge is -2.42. The third-order valence-electron chi connectivity index (χ3n) is 20.0. The first-order valence-electron chi connectivity index (χ1n) is 30.2. The van der Waals surface area contributed by atoms with Gasteiger partial charge in [-0.05, 0) is 115 Å². The summed E-state index contributed by atoms with van der Waals surface area (Å²) in [5.74, 6) is -6.90. The number of allylic oxidation sites excluding steroid dienone is 2. The van der Waals surface area contributed by atoms with Gasteiger partial charge in [-0.15, -0.1) is 0 Å². The number of aliphatic hydroxyl groups excluding tert-OH is 4. The molecule has 1 amide bonds. The third kappa shape index (κ3) is 11.1. The summed E-state index contributed by atoms with van der Waals surface area (Å²) in [7, 11) is 3.64. The molecule has 0 radical (unpaired) electrons. The number of piperidine rings is 1. The average Bonchev–Trinajstić information content (AvgIpc) is 1.73. The number of rotatable bonds is 9. The van der Waals surface area contributed by atoms with Crippen molar-refractivity contribution in [3.05, 3.63) is 115 Å². The summed E-state index contributed by atoms with van der Waals surface area (Å²) in [5, 5.41) is 69.7. The first-order chi connectivity index (χ1) is 40.2. The molecular weight excluding hydrogens is 1090 g/mol. The molecule has 5 aliphatic heterocycles. The maximum absolute atomic E-state index is 16.2. The Hall–Kier alpha value is -6.42. The fourth-order valence-corrected chi connectivity index (χ4v) is 14.5. The normalized spacial score (nSPS) is 32.6. The lowest BCUT2D eigenvalue weighted by Crippen LogP contribution is -2.50. The Morgan fingerprint density at radius 1 is 0.906 bits per heavy atom. The molecule has 85 heavy (non-hydrogen) atoms. The number of aromatic nitrogens is 1. The summed E-state index contributed by atoms with van der Waals surface area (Å²) in [4.78, 5) is 59.5. The van der Waals surface area contributed by atoms with Crippen LogP contribution in [0.25, 0.3) is 5.52 Å². The van der Waals surface area contributed by atoms with E-state index in [2.05, 4.69) is 22.2 Å². The fourth-order valence-electron chi connectivity index (χ4n) is 14.5. The van der Waals surface area contributed by atoms with E-state index in [4.69, 9.17) is 24.0 Å². The molecule has 5 bridgehead atoms. The van der Waals surface area contributed by atoms with Crippen molar-refractivity contribution >= 4 is 35.1 Å². The van der Waals surface area contributed by atoms with Crippen LogP contribution in [0.1, 0.15) is 155 Å². The zero-order valence-electron chi connectivity index (χ0n) is 51.0. The number of anilines is 1. The number of ether oxygens (including phenoxy) is 4. The number of aliphatic hydroxyl groups is 4. The molecule has 11 rings (SSSR count). The lowest BCUT2D eigenvalue weighted by molar-refractivity contribution is -0.160. The van der Waals surface area contributed by atoms with Gasteiger partial charge in [-0.3, -0.25) is 33.5 Å². The Labute approximate surface area is 496 Å². The average molecular weight is 1180 g/mol. The molecule has 2 saturated carbocycles. The molecule has 0 spiro atoms. The number of hydrogen-bond acceptors (Lipinski definition) is 17. The van der Waals surface area contributed by atoms with E-state index in [1.165, 1.54) is 63.1 Å². The molecule has 7 heterocycles. The van der Waals surface area contributed by atoms with E-state index in [9.17, 15) is 44.7 Å². The second-order valence-electron chi connectivity index (χ2n) is 25.5. The number of benzene rings is 1. The maximum Gasteiger partial charge on any atom is 0.312 e. The molecule has 3 aromatic rings. The van der Waals surface area contributed by atoms with E-state index in [1.54, 1.807) is 53.7 Å². The first kappa shape index (κ1) is 61.7.